The van der Waals surface area contributed by atoms with Crippen LogP contribution in [0.15, 0.2) is 24.4 Å². The summed E-state index contributed by atoms with van der Waals surface area (Å²) in [5.41, 5.74) is 3.87. The molecular formula is C13H17NO. The van der Waals surface area contributed by atoms with Crippen LogP contribution in [0.4, 0.5) is 0 Å². The summed E-state index contributed by atoms with van der Waals surface area (Å²) >= 11 is 0. The molecule has 1 heterocycles. The predicted octanol–water partition coefficient (Wildman–Crippen LogP) is 2.64. The van der Waals surface area contributed by atoms with Crippen LogP contribution in [0.25, 0.3) is 10.9 Å². The number of aliphatic hydroxyl groups is 1. The first-order valence-electron chi connectivity index (χ1n) is 5.39. The number of nitrogens with zero attached hydrogens (tertiary/aromatic N) is 1. The number of aryl methyl sites for hydroxylation is 3. The third-order valence-electron chi connectivity index (χ3n) is 2.79. The van der Waals surface area contributed by atoms with E-state index in [4.69, 9.17) is 5.11 Å². The second-order valence-electron chi connectivity index (χ2n) is 4.10. The summed E-state index contributed by atoms with van der Waals surface area (Å²) in [7, 11) is 0. The third kappa shape index (κ3) is 1.90. The van der Waals surface area contributed by atoms with Crippen molar-refractivity contribution in [2.45, 2.75) is 26.8 Å². The van der Waals surface area contributed by atoms with E-state index in [1.807, 2.05) is 0 Å². The molecule has 0 spiro atoms. The fourth-order valence-electron chi connectivity index (χ4n) is 2.01. The Kier molecular flexibility index (Phi) is 2.78. The Morgan fingerprint density at radius 2 is 2.07 bits per heavy atom. The summed E-state index contributed by atoms with van der Waals surface area (Å²) in [6.45, 7) is 5.39. The van der Waals surface area contributed by atoms with Crippen molar-refractivity contribution in [3.8, 4) is 0 Å². The Labute approximate surface area is 90.2 Å². The standard InChI is InChI=1S/C13H17NO/c1-10-4-5-12-11(2)9-14(6-3-7-15)13(12)8-10/h4-5,8-9,15H,3,6-7H2,1-2H3. The molecule has 0 saturated carbocycles. The maximum atomic E-state index is 8.85. The summed E-state index contributed by atoms with van der Waals surface area (Å²) in [5.74, 6) is 0. The Hall–Kier alpha value is -1.28. The molecule has 80 valence electrons. The van der Waals surface area contributed by atoms with E-state index < -0.39 is 0 Å². The van der Waals surface area contributed by atoms with Gasteiger partial charge in [-0.3, -0.25) is 0 Å². The van der Waals surface area contributed by atoms with Gasteiger partial charge in [0.2, 0.25) is 0 Å². The molecule has 0 unspecified atom stereocenters. The second-order valence-corrected chi connectivity index (χ2v) is 4.10. The van der Waals surface area contributed by atoms with Crippen LogP contribution in [0.5, 0.6) is 0 Å². The van der Waals surface area contributed by atoms with Gasteiger partial charge in [0.05, 0.1) is 0 Å². The molecule has 1 aromatic heterocycles. The molecular weight excluding hydrogens is 186 g/mol. The highest BCUT2D eigenvalue weighted by molar-refractivity contribution is 5.84. The monoisotopic (exact) mass is 203 g/mol. The van der Waals surface area contributed by atoms with Crippen molar-refractivity contribution in [2.75, 3.05) is 6.61 Å². The Morgan fingerprint density at radius 3 is 2.80 bits per heavy atom. The summed E-state index contributed by atoms with van der Waals surface area (Å²) in [6, 6.07) is 6.53. The molecule has 0 aliphatic carbocycles. The lowest BCUT2D eigenvalue weighted by Crippen LogP contribution is -1.98. The van der Waals surface area contributed by atoms with Crippen LogP contribution in [0.3, 0.4) is 0 Å². The lowest BCUT2D eigenvalue weighted by atomic mass is 10.1. The quantitative estimate of drug-likeness (QED) is 0.815. The smallest absolute Gasteiger partial charge is 0.0485 e. The zero-order chi connectivity index (χ0) is 10.8. The van der Waals surface area contributed by atoms with Crippen LogP contribution in [0, 0.1) is 13.8 Å². The minimum atomic E-state index is 0.255. The molecule has 2 rings (SSSR count). The van der Waals surface area contributed by atoms with Gasteiger partial charge in [0.15, 0.2) is 0 Å². The molecule has 0 aliphatic rings. The van der Waals surface area contributed by atoms with Crippen LogP contribution in [-0.4, -0.2) is 16.3 Å². The van der Waals surface area contributed by atoms with Crippen molar-refractivity contribution < 1.29 is 5.11 Å². The van der Waals surface area contributed by atoms with Crippen LogP contribution < -0.4 is 0 Å². The number of hydrogen-bond acceptors (Lipinski definition) is 1. The number of fused-ring (bicyclic) bond motifs is 1. The molecule has 0 saturated heterocycles. The SMILES string of the molecule is Cc1ccc2c(C)cn(CCCO)c2c1. The summed E-state index contributed by atoms with van der Waals surface area (Å²) in [6.07, 6.45) is 2.98. The van der Waals surface area contributed by atoms with Gasteiger partial charge < -0.3 is 9.67 Å². The lowest BCUT2D eigenvalue weighted by molar-refractivity contribution is 0.280. The number of aliphatic hydroxyl groups excluding tert-OH is 1. The van der Waals surface area contributed by atoms with Crippen LogP contribution >= 0.6 is 0 Å². The average Bonchev–Trinajstić information content (AvgIpc) is 2.52. The third-order valence-corrected chi connectivity index (χ3v) is 2.79. The fraction of sp³-hybridized carbons (Fsp3) is 0.385. The van der Waals surface area contributed by atoms with Crippen LogP contribution in [0.1, 0.15) is 17.5 Å². The van der Waals surface area contributed by atoms with E-state index >= 15 is 0 Å². The van der Waals surface area contributed by atoms with E-state index in [2.05, 4.69) is 42.8 Å². The van der Waals surface area contributed by atoms with Gasteiger partial charge in [-0.1, -0.05) is 12.1 Å². The van der Waals surface area contributed by atoms with Crippen molar-refractivity contribution in [3.05, 3.63) is 35.5 Å². The van der Waals surface area contributed by atoms with Gasteiger partial charge in [-0.25, -0.2) is 0 Å². The minimum Gasteiger partial charge on any atom is -0.396 e. The Balaban J connectivity index is 2.49. The first-order chi connectivity index (χ1) is 7.22. The zero-order valence-corrected chi connectivity index (χ0v) is 9.33. The molecule has 2 aromatic rings. The average molecular weight is 203 g/mol. The number of benzene rings is 1. The van der Waals surface area contributed by atoms with Crippen molar-refractivity contribution in [1.82, 2.24) is 4.57 Å². The van der Waals surface area contributed by atoms with E-state index in [1.165, 1.54) is 22.0 Å². The summed E-state index contributed by atoms with van der Waals surface area (Å²) in [4.78, 5) is 0. The van der Waals surface area contributed by atoms with Crippen LogP contribution in [0.2, 0.25) is 0 Å². The molecule has 1 N–H and O–H groups in total. The summed E-state index contributed by atoms with van der Waals surface area (Å²) < 4.78 is 2.23. The van der Waals surface area contributed by atoms with Crippen molar-refractivity contribution in [1.29, 1.82) is 0 Å². The molecule has 1 aromatic carbocycles. The fourth-order valence-corrected chi connectivity index (χ4v) is 2.01. The molecule has 0 atom stereocenters. The van der Waals surface area contributed by atoms with Gasteiger partial charge >= 0.3 is 0 Å². The number of hydrogen-bond donors (Lipinski definition) is 1. The van der Waals surface area contributed by atoms with E-state index in [9.17, 15) is 0 Å². The largest absolute Gasteiger partial charge is 0.396 e. The maximum absolute atomic E-state index is 8.85. The van der Waals surface area contributed by atoms with Gasteiger partial charge in [0.25, 0.3) is 0 Å². The first-order valence-corrected chi connectivity index (χ1v) is 5.39. The molecule has 15 heavy (non-hydrogen) atoms. The van der Waals surface area contributed by atoms with Crippen molar-refractivity contribution >= 4 is 10.9 Å². The Bertz CT molecular complexity index is 471. The van der Waals surface area contributed by atoms with Gasteiger partial charge in [-0.15, -0.1) is 0 Å². The molecule has 0 aliphatic heterocycles. The lowest BCUT2D eigenvalue weighted by Gasteiger charge is -2.03. The second kappa shape index (κ2) is 4.07. The van der Waals surface area contributed by atoms with Gasteiger partial charge in [-0.2, -0.15) is 0 Å². The number of aromatic nitrogens is 1. The Morgan fingerprint density at radius 1 is 1.27 bits per heavy atom. The first kappa shape index (κ1) is 10.2. The maximum Gasteiger partial charge on any atom is 0.0485 e. The van der Waals surface area contributed by atoms with Gasteiger partial charge in [0, 0.05) is 30.3 Å². The molecule has 2 heteroatoms. The van der Waals surface area contributed by atoms with Crippen LogP contribution in [-0.2, 0) is 6.54 Å². The van der Waals surface area contributed by atoms with Gasteiger partial charge in [0.1, 0.15) is 0 Å². The summed E-state index contributed by atoms with van der Waals surface area (Å²) in [5, 5.41) is 10.2. The van der Waals surface area contributed by atoms with Crippen molar-refractivity contribution in [3.63, 3.8) is 0 Å². The highest BCUT2D eigenvalue weighted by atomic mass is 16.3. The predicted molar refractivity (Wildman–Crippen MR) is 63.1 cm³/mol. The molecule has 0 bridgehead atoms. The minimum absolute atomic E-state index is 0.255. The van der Waals surface area contributed by atoms with Crippen molar-refractivity contribution in [2.24, 2.45) is 0 Å². The molecule has 0 amide bonds. The number of rotatable bonds is 3. The molecule has 2 nitrogen and oxygen atoms in total. The zero-order valence-electron chi connectivity index (χ0n) is 9.33. The highest BCUT2D eigenvalue weighted by Crippen LogP contribution is 2.22. The highest BCUT2D eigenvalue weighted by Gasteiger charge is 2.04. The van der Waals surface area contributed by atoms with Gasteiger partial charge in [-0.05, 0) is 37.5 Å². The molecule has 0 fully saturated rings. The van der Waals surface area contributed by atoms with E-state index in [0.717, 1.165) is 13.0 Å². The van der Waals surface area contributed by atoms with E-state index in [1.54, 1.807) is 0 Å². The van der Waals surface area contributed by atoms with E-state index in [-0.39, 0.29) is 6.61 Å². The van der Waals surface area contributed by atoms with E-state index in [0.29, 0.717) is 0 Å². The molecule has 0 radical (unpaired) electrons. The normalized spacial score (nSPS) is 11.1. The topological polar surface area (TPSA) is 25.2 Å².